The van der Waals surface area contributed by atoms with Gasteiger partial charge in [0.2, 0.25) is 5.43 Å². The molecule has 148 valence electrons. The van der Waals surface area contributed by atoms with Crippen molar-refractivity contribution in [1.29, 1.82) is 0 Å². The number of methoxy groups -OCH3 is 1. The number of aromatic nitrogens is 1. The van der Waals surface area contributed by atoms with E-state index in [4.69, 9.17) is 10.5 Å². The zero-order chi connectivity index (χ0) is 20.6. The molecular weight excluding hydrogens is 372 g/mol. The first kappa shape index (κ1) is 19.7. The molecule has 1 amide bonds. The molecule has 2 aromatic rings. The Kier molecular flexibility index (Phi) is 5.28. The van der Waals surface area contributed by atoms with Crippen molar-refractivity contribution in [3.8, 4) is 5.75 Å². The summed E-state index contributed by atoms with van der Waals surface area (Å²) in [6.45, 7) is 1.55. The van der Waals surface area contributed by atoms with Gasteiger partial charge >= 0.3 is 0 Å². The van der Waals surface area contributed by atoms with E-state index in [1.165, 1.54) is 17.7 Å². The Bertz CT molecular complexity index is 1020. The van der Waals surface area contributed by atoms with Gasteiger partial charge in [0.25, 0.3) is 5.91 Å². The minimum atomic E-state index is -0.818. The number of nitrogens with two attached hydrogens (primary N) is 1. The highest BCUT2D eigenvalue weighted by molar-refractivity contribution is 5.97. The van der Waals surface area contributed by atoms with E-state index in [1.54, 1.807) is 0 Å². The normalized spacial score (nSPS) is 17.9. The molecule has 0 radical (unpaired) electrons. The smallest absolute Gasteiger partial charge is 0.257 e. The minimum Gasteiger partial charge on any atom is -0.491 e. The molecule has 2 heterocycles. The Morgan fingerprint density at radius 1 is 1.43 bits per heavy atom. The van der Waals surface area contributed by atoms with E-state index in [0.717, 1.165) is 6.07 Å². The summed E-state index contributed by atoms with van der Waals surface area (Å²) in [5, 5.41) is 2.46. The lowest BCUT2D eigenvalue weighted by atomic mass is 10.0. The zero-order valence-electron chi connectivity index (χ0n) is 15.3. The summed E-state index contributed by atoms with van der Waals surface area (Å²) in [5.41, 5.74) is 5.40. The maximum atomic E-state index is 13.8. The van der Waals surface area contributed by atoms with Gasteiger partial charge in [-0.15, -0.1) is 0 Å². The number of ether oxygens (including phenoxy) is 1. The fourth-order valence-electron chi connectivity index (χ4n) is 3.59. The Balaban J connectivity index is 2.05. The second-order valence-corrected chi connectivity index (χ2v) is 6.61. The molecule has 1 aromatic heterocycles. The van der Waals surface area contributed by atoms with Crippen molar-refractivity contribution in [3.63, 3.8) is 0 Å². The van der Waals surface area contributed by atoms with Gasteiger partial charge in [0, 0.05) is 30.3 Å². The van der Waals surface area contributed by atoms with Crippen LogP contribution in [0.25, 0.3) is 0 Å². The third-order valence-electron chi connectivity index (χ3n) is 4.83. The third kappa shape index (κ3) is 3.18. The summed E-state index contributed by atoms with van der Waals surface area (Å²) in [5.74, 6) is -2.59. The average Bonchev–Trinajstić information content (AvgIpc) is 2.93. The molecule has 0 bridgehead atoms. The largest absolute Gasteiger partial charge is 0.491 e. The standard InChI is InChI=1S/C19H19F2N3O4/c1-9-5-13(22)16-15(17(26)18(28-2)14(8-25)24(9)16)19(27)23-7-10-3-4-11(20)6-12(10)21/h3-4,6,8-9,13H,5,7,22H2,1-2H3,(H,23,27)/t9-,13?/m0/s1. The van der Waals surface area contributed by atoms with E-state index < -0.39 is 29.0 Å². The maximum Gasteiger partial charge on any atom is 0.257 e. The second-order valence-electron chi connectivity index (χ2n) is 6.61. The summed E-state index contributed by atoms with van der Waals surface area (Å²) in [7, 11) is 1.23. The number of pyridine rings is 1. The zero-order valence-corrected chi connectivity index (χ0v) is 15.3. The number of benzene rings is 1. The Labute approximate surface area is 159 Å². The van der Waals surface area contributed by atoms with Gasteiger partial charge in [-0.05, 0) is 19.4 Å². The molecular formula is C19H19F2N3O4. The molecule has 1 aliphatic rings. The first-order valence-corrected chi connectivity index (χ1v) is 8.59. The van der Waals surface area contributed by atoms with Gasteiger partial charge < -0.3 is 20.4 Å². The van der Waals surface area contributed by atoms with Gasteiger partial charge in [-0.3, -0.25) is 14.4 Å². The van der Waals surface area contributed by atoms with Crippen LogP contribution in [-0.2, 0) is 6.54 Å². The number of carbonyl (C=O) groups is 2. The molecule has 9 heteroatoms. The Morgan fingerprint density at radius 3 is 2.75 bits per heavy atom. The van der Waals surface area contributed by atoms with E-state index in [-0.39, 0.29) is 40.9 Å². The predicted molar refractivity (Wildman–Crippen MR) is 96.4 cm³/mol. The van der Waals surface area contributed by atoms with Crippen LogP contribution >= 0.6 is 0 Å². The molecule has 1 unspecified atom stereocenters. The van der Waals surface area contributed by atoms with Gasteiger partial charge in [-0.1, -0.05) is 6.07 Å². The second kappa shape index (κ2) is 7.51. The number of aldehydes is 1. The van der Waals surface area contributed by atoms with Gasteiger partial charge in [-0.25, -0.2) is 8.78 Å². The average molecular weight is 391 g/mol. The number of amides is 1. The molecule has 1 aromatic carbocycles. The first-order valence-electron chi connectivity index (χ1n) is 8.59. The highest BCUT2D eigenvalue weighted by Crippen LogP contribution is 2.36. The van der Waals surface area contributed by atoms with E-state index in [9.17, 15) is 23.2 Å². The molecule has 0 saturated heterocycles. The summed E-state index contributed by atoms with van der Waals surface area (Å²) >= 11 is 0. The number of carbonyl (C=O) groups excluding carboxylic acids is 2. The van der Waals surface area contributed by atoms with E-state index in [2.05, 4.69) is 5.32 Å². The number of fused-ring (bicyclic) bond motifs is 1. The fraction of sp³-hybridized carbons (Fsp3) is 0.316. The van der Waals surface area contributed by atoms with Crippen molar-refractivity contribution in [1.82, 2.24) is 9.88 Å². The van der Waals surface area contributed by atoms with Crippen molar-refractivity contribution in [3.05, 3.63) is 62.6 Å². The quantitative estimate of drug-likeness (QED) is 0.757. The minimum absolute atomic E-state index is 0.0177. The van der Waals surface area contributed by atoms with Crippen LogP contribution in [0.4, 0.5) is 8.78 Å². The van der Waals surface area contributed by atoms with E-state index >= 15 is 0 Å². The molecule has 0 saturated carbocycles. The molecule has 28 heavy (non-hydrogen) atoms. The molecule has 0 fully saturated rings. The predicted octanol–water partition coefficient (Wildman–Crippen LogP) is 1.84. The monoisotopic (exact) mass is 391 g/mol. The number of halogens is 2. The van der Waals surface area contributed by atoms with Crippen molar-refractivity contribution in [2.24, 2.45) is 5.73 Å². The SMILES string of the molecule is COc1c(C=O)n2c(c(C(=O)NCc3ccc(F)cc3F)c1=O)C(N)C[C@@H]2C. The number of rotatable bonds is 5. The number of hydrogen-bond acceptors (Lipinski definition) is 5. The molecule has 3 N–H and O–H groups in total. The van der Waals surface area contributed by atoms with Gasteiger partial charge in [0.05, 0.1) is 12.8 Å². The van der Waals surface area contributed by atoms with Crippen LogP contribution in [0.1, 0.15) is 57.5 Å². The Morgan fingerprint density at radius 2 is 2.14 bits per heavy atom. The van der Waals surface area contributed by atoms with Crippen LogP contribution in [0, 0.1) is 11.6 Å². The molecule has 0 aliphatic carbocycles. The van der Waals surface area contributed by atoms with Crippen LogP contribution in [0.15, 0.2) is 23.0 Å². The Hall–Kier alpha value is -3.07. The first-order chi connectivity index (χ1) is 13.3. The van der Waals surface area contributed by atoms with Gasteiger partial charge in [-0.2, -0.15) is 0 Å². The maximum absolute atomic E-state index is 13.8. The summed E-state index contributed by atoms with van der Waals surface area (Å²) < 4.78 is 33.4. The molecule has 2 atom stereocenters. The van der Waals surface area contributed by atoms with Crippen LogP contribution in [0.2, 0.25) is 0 Å². The van der Waals surface area contributed by atoms with Crippen LogP contribution in [0.3, 0.4) is 0 Å². The number of nitrogens with one attached hydrogen (secondary N) is 1. The lowest BCUT2D eigenvalue weighted by molar-refractivity contribution is 0.0945. The van der Waals surface area contributed by atoms with Crippen molar-refractivity contribution < 1.29 is 23.1 Å². The van der Waals surface area contributed by atoms with Crippen molar-refractivity contribution >= 4 is 12.2 Å². The summed E-state index contributed by atoms with van der Waals surface area (Å²) in [6.07, 6.45) is 0.925. The third-order valence-corrected chi connectivity index (χ3v) is 4.83. The van der Waals surface area contributed by atoms with Crippen LogP contribution in [-0.4, -0.2) is 23.9 Å². The van der Waals surface area contributed by atoms with Crippen LogP contribution in [0.5, 0.6) is 5.75 Å². The highest BCUT2D eigenvalue weighted by atomic mass is 19.1. The van der Waals surface area contributed by atoms with E-state index in [1.807, 2.05) is 6.92 Å². The molecule has 1 aliphatic heterocycles. The lowest BCUT2D eigenvalue weighted by Crippen LogP contribution is -2.34. The summed E-state index contributed by atoms with van der Waals surface area (Å²) in [6, 6.07) is 2.12. The van der Waals surface area contributed by atoms with Gasteiger partial charge in [0.1, 0.15) is 22.9 Å². The lowest BCUT2D eigenvalue weighted by Gasteiger charge is -2.19. The highest BCUT2D eigenvalue weighted by Gasteiger charge is 2.36. The fourth-order valence-corrected chi connectivity index (χ4v) is 3.59. The van der Waals surface area contributed by atoms with Crippen LogP contribution < -0.4 is 21.2 Å². The van der Waals surface area contributed by atoms with Crippen molar-refractivity contribution in [2.45, 2.75) is 32.0 Å². The molecule has 3 rings (SSSR count). The number of hydrogen-bond donors (Lipinski definition) is 2. The van der Waals surface area contributed by atoms with E-state index in [0.29, 0.717) is 18.8 Å². The number of nitrogens with zero attached hydrogens (tertiary/aromatic N) is 1. The van der Waals surface area contributed by atoms with Crippen molar-refractivity contribution in [2.75, 3.05) is 7.11 Å². The molecule has 7 nitrogen and oxygen atoms in total. The summed E-state index contributed by atoms with van der Waals surface area (Å²) in [4.78, 5) is 37.1. The van der Waals surface area contributed by atoms with Gasteiger partial charge in [0.15, 0.2) is 12.0 Å². The topological polar surface area (TPSA) is 103 Å². The molecule has 0 spiro atoms.